The van der Waals surface area contributed by atoms with Gasteiger partial charge < -0.3 is 4.74 Å². The van der Waals surface area contributed by atoms with Crippen molar-refractivity contribution in [3.63, 3.8) is 0 Å². The fraction of sp³-hybridized carbons (Fsp3) is 0.500. The zero-order chi connectivity index (χ0) is 15.6. The number of halogens is 2. The average molecular weight is 351 g/mol. The molecule has 0 radical (unpaired) electrons. The van der Waals surface area contributed by atoms with Crippen LogP contribution in [0.15, 0.2) is 23.1 Å². The molecule has 4 nitrogen and oxygen atoms in total. The van der Waals surface area contributed by atoms with E-state index in [0.717, 1.165) is 31.7 Å². The van der Waals surface area contributed by atoms with Crippen molar-refractivity contribution >= 4 is 37.3 Å². The van der Waals surface area contributed by atoms with Crippen molar-refractivity contribution in [2.45, 2.75) is 43.6 Å². The van der Waals surface area contributed by atoms with Gasteiger partial charge in [-0.15, -0.1) is 0 Å². The molecule has 0 aromatic heterocycles. The zero-order valence-corrected chi connectivity index (χ0v) is 13.8. The molecular weight excluding hydrogens is 335 g/mol. The second-order valence-electron chi connectivity index (χ2n) is 5.38. The van der Waals surface area contributed by atoms with E-state index in [1.807, 2.05) is 0 Å². The summed E-state index contributed by atoms with van der Waals surface area (Å²) in [5.74, 6) is -0.0946. The molecule has 0 aliphatic heterocycles. The van der Waals surface area contributed by atoms with Gasteiger partial charge in [0.2, 0.25) is 0 Å². The predicted octanol–water partition coefficient (Wildman–Crippen LogP) is 4.00. The highest BCUT2D eigenvalue weighted by Gasteiger charge is 2.24. The van der Waals surface area contributed by atoms with E-state index >= 15 is 0 Å². The number of carbonyl (C=O) groups is 1. The Balaban J connectivity index is 2.18. The van der Waals surface area contributed by atoms with E-state index in [2.05, 4.69) is 6.92 Å². The number of ether oxygens (including phenoxy) is 1. The van der Waals surface area contributed by atoms with Gasteiger partial charge in [0, 0.05) is 10.7 Å². The molecule has 0 N–H and O–H groups in total. The molecule has 0 amide bonds. The third kappa shape index (κ3) is 4.34. The highest BCUT2D eigenvalue weighted by molar-refractivity contribution is 8.13. The van der Waals surface area contributed by atoms with Gasteiger partial charge in [-0.3, -0.25) is 0 Å². The lowest BCUT2D eigenvalue weighted by Crippen LogP contribution is -2.24. The molecule has 7 heteroatoms. The second kappa shape index (κ2) is 6.55. The molecule has 1 fully saturated rings. The van der Waals surface area contributed by atoms with Crippen molar-refractivity contribution < 1.29 is 17.9 Å². The van der Waals surface area contributed by atoms with E-state index in [0.29, 0.717) is 5.92 Å². The first kappa shape index (κ1) is 16.6. The Kier molecular flexibility index (Phi) is 5.17. The van der Waals surface area contributed by atoms with Crippen LogP contribution in [0.5, 0.6) is 0 Å². The molecule has 21 heavy (non-hydrogen) atoms. The Hall–Kier alpha value is -0.780. The topological polar surface area (TPSA) is 60.4 Å². The highest BCUT2D eigenvalue weighted by Crippen LogP contribution is 2.28. The van der Waals surface area contributed by atoms with Crippen LogP contribution >= 0.6 is 22.3 Å². The standard InChI is InChI=1S/C14H16Cl2O4S/c1-9-3-2-4-10(7-9)20-14(17)12-8-11(21(16,18)19)5-6-13(12)15/h5-6,8-10H,2-4,7H2,1H3. The number of carbonyl (C=O) groups excluding carboxylic acids is 1. The van der Waals surface area contributed by atoms with Crippen molar-refractivity contribution in [1.82, 2.24) is 0 Å². The number of rotatable bonds is 3. The average Bonchev–Trinajstić information content (AvgIpc) is 2.37. The normalized spacial score (nSPS) is 22.8. The monoisotopic (exact) mass is 350 g/mol. The van der Waals surface area contributed by atoms with Crippen molar-refractivity contribution in [3.8, 4) is 0 Å². The summed E-state index contributed by atoms with van der Waals surface area (Å²) in [5.41, 5.74) is 0.0246. The Morgan fingerprint density at radius 2 is 2.05 bits per heavy atom. The lowest BCUT2D eigenvalue weighted by Gasteiger charge is -2.26. The fourth-order valence-corrected chi connectivity index (χ4v) is 3.48. The summed E-state index contributed by atoms with van der Waals surface area (Å²) >= 11 is 5.95. The quantitative estimate of drug-likeness (QED) is 0.610. The Morgan fingerprint density at radius 1 is 1.33 bits per heavy atom. The van der Waals surface area contributed by atoms with E-state index < -0.39 is 15.0 Å². The number of benzene rings is 1. The molecule has 0 heterocycles. The Morgan fingerprint density at radius 3 is 2.67 bits per heavy atom. The van der Waals surface area contributed by atoms with Crippen LogP contribution in [0.1, 0.15) is 43.0 Å². The minimum atomic E-state index is -3.91. The van der Waals surface area contributed by atoms with Crippen molar-refractivity contribution in [2.24, 2.45) is 5.92 Å². The minimum Gasteiger partial charge on any atom is -0.459 e. The van der Waals surface area contributed by atoms with Crippen LogP contribution in [0.3, 0.4) is 0 Å². The summed E-state index contributed by atoms with van der Waals surface area (Å²) in [5, 5.41) is 0.146. The Labute approximate surface area is 133 Å². The first-order valence-corrected chi connectivity index (χ1v) is 9.41. The van der Waals surface area contributed by atoms with E-state index in [-0.39, 0.29) is 21.6 Å². The van der Waals surface area contributed by atoms with Gasteiger partial charge in [0.25, 0.3) is 9.05 Å². The van der Waals surface area contributed by atoms with E-state index in [1.54, 1.807) is 0 Å². The lowest BCUT2D eigenvalue weighted by atomic mass is 9.89. The van der Waals surface area contributed by atoms with Gasteiger partial charge in [-0.25, -0.2) is 13.2 Å². The van der Waals surface area contributed by atoms with Crippen LogP contribution in [0.2, 0.25) is 5.02 Å². The van der Waals surface area contributed by atoms with Gasteiger partial charge in [-0.1, -0.05) is 24.9 Å². The maximum atomic E-state index is 12.2. The molecule has 116 valence electrons. The number of hydrogen-bond acceptors (Lipinski definition) is 4. The maximum Gasteiger partial charge on any atom is 0.339 e. The van der Waals surface area contributed by atoms with Crippen LogP contribution in [0.25, 0.3) is 0 Å². The van der Waals surface area contributed by atoms with Crippen LogP contribution in [-0.2, 0) is 13.8 Å². The van der Waals surface area contributed by atoms with Crippen LogP contribution < -0.4 is 0 Å². The van der Waals surface area contributed by atoms with Gasteiger partial charge in [0.1, 0.15) is 6.10 Å². The smallest absolute Gasteiger partial charge is 0.339 e. The summed E-state index contributed by atoms with van der Waals surface area (Å²) in [6.45, 7) is 2.12. The second-order valence-corrected chi connectivity index (χ2v) is 8.35. The molecule has 2 rings (SSSR count). The maximum absolute atomic E-state index is 12.2. The Bertz CT molecular complexity index is 642. The van der Waals surface area contributed by atoms with Gasteiger partial charge in [0.15, 0.2) is 0 Å². The van der Waals surface area contributed by atoms with Crippen LogP contribution in [0, 0.1) is 5.92 Å². The first-order chi connectivity index (χ1) is 9.77. The third-order valence-electron chi connectivity index (χ3n) is 3.60. The van der Waals surface area contributed by atoms with Gasteiger partial charge in [-0.05, 0) is 43.4 Å². The molecule has 2 unspecified atom stereocenters. The predicted molar refractivity (Wildman–Crippen MR) is 81.3 cm³/mol. The molecule has 2 atom stereocenters. The highest BCUT2D eigenvalue weighted by atomic mass is 35.7. The molecule has 1 saturated carbocycles. The molecule has 1 aromatic rings. The van der Waals surface area contributed by atoms with Crippen molar-refractivity contribution in [1.29, 1.82) is 0 Å². The van der Waals surface area contributed by atoms with Gasteiger partial charge in [-0.2, -0.15) is 0 Å². The van der Waals surface area contributed by atoms with Crippen LogP contribution in [0.4, 0.5) is 0 Å². The van der Waals surface area contributed by atoms with Gasteiger partial charge >= 0.3 is 5.97 Å². The SMILES string of the molecule is CC1CCCC(OC(=O)c2cc(S(=O)(=O)Cl)ccc2Cl)C1. The lowest BCUT2D eigenvalue weighted by molar-refractivity contribution is 0.0155. The summed E-state index contributed by atoms with van der Waals surface area (Å²) in [7, 11) is 1.36. The van der Waals surface area contributed by atoms with E-state index in [1.165, 1.54) is 12.1 Å². The molecule has 1 aromatic carbocycles. The molecule has 0 spiro atoms. The first-order valence-electron chi connectivity index (χ1n) is 6.72. The summed E-state index contributed by atoms with van der Waals surface area (Å²) in [6.07, 6.45) is 3.64. The van der Waals surface area contributed by atoms with Crippen LogP contribution in [-0.4, -0.2) is 20.5 Å². The summed E-state index contributed by atoms with van der Waals surface area (Å²) in [6, 6.07) is 3.74. The third-order valence-corrected chi connectivity index (χ3v) is 5.28. The number of hydrogen-bond donors (Lipinski definition) is 0. The summed E-state index contributed by atoms with van der Waals surface area (Å²) < 4.78 is 28.1. The van der Waals surface area contributed by atoms with Gasteiger partial charge in [0.05, 0.1) is 15.5 Å². The van der Waals surface area contributed by atoms with Crippen molar-refractivity contribution in [3.05, 3.63) is 28.8 Å². The van der Waals surface area contributed by atoms with E-state index in [4.69, 9.17) is 27.0 Å². The minimum absolute atomic E-state index is 0.0246. The molecule has 0 bridgehead atoms. The van der Waals surface area contributed by atoms with E-state index in [9.17, 15) is 13.2 Å². The number of esters is 1. The molecule has 1 aliphatic rings. The summed E-state index contributed by atoms with van der Waals surface area (Å²) in [4.78, 5) is 12.0. The molecule has 0 saturated heterocycles. The largest absolute Gasteiger partial charge is 0.459 e. The van der Waals surface area contributed by atoms with Crippen molar-refractivity contribution in [2.75, 3.05) is 0 Å². The fourth-order valence-electron chi connectivity index (χ4n) is 2.51. The molecule has 1 aliphatic carbocycles. The molecular formula is C14H16Cl2O4S. The zero-order valence-electron chi connectivity index (χ0n) is 11.5.